The lowest BCUT2D eigenvalue weighted by molar-refractivity contribution is -0.139. The van der Waals surface area contributed by atoms with Crippen LogP contribution in [0.3, 0.4) is 0 Å². The molecular formula is C20H24N2O5S. The van der Waals surface area contributed by atoms with E-state index >= 15 is 0 Å². The van der Waals surface area contributed by atoms with E-state index in [1.807, 2.05) is 12.1 Å². The molecule has 0 unspecified atom stereocenters. The number of carbonyl (C=O) groups excluding carboxylic acids is 3. The van der Waals surface area contributed by atoms with Gasteiger partial charge in [-0.1, -0.05) is 43.3 Å². The van der Waals surface area contributed by atoms with Crippen molar-refractivity contribution in [1.82, 2.24) is 5.16 Å². The van der Waals surface area contributed by atoms with E-state index in [4.69, 9.17) is 9.26 Å². The fourth-order valence-electron chi connectivity index (χ4n) is 2.34. The Morgan fingerprint density at radius 3 is 2.54 bits per heavy atom. The average molecular weight is 404 g/mol. The summed E-state index contributed by atoms with van der Waals surface area (Å²) < 4.78 is 9.84. The minimum absolute atomic E-state index is 0.0223. The van der Waals surface area contributed by atoms with Crippen LogP contribution in [-0.2, 0) is 14.3 Å². The summed E-state index contributed by atoms with van der Waals surface area (Å²) in [6.07, 6.45) is 1.03. The number of nitrogens with zero attached hydrogens (tertiary/aromatic N) is 1. The van der Waals surface area contributed by atoms with Crippen LogP contribution in [0.15, 0.2) is 34.9 Å². The Hall–Kier alpha value is -2.61. The van der Waals surface area contributed by atoms with Crippen molar-refractivity contribution in [3.63, 3.8) is 0 Å². The maximum absolute atomic E-state index is 12.1. The lowest BCUT2D eigenvalue weighted by Crippen LogP contribution is -2.18. The van der Waals surface area contributed by atoms with Crippen LogP contribution in [0.25, 0.3) is 0 Å². The Morgan fingerprint density at radius 1 is 1.21 bits per heavy atom. The van der Waals surface area contributed by atoms with Gasteiger partial charge in [0.25, 0.3) is 0 Å². The van der Waals surface area contributed by atoms with E-state index in [9.17, 15) is 14.4 Å². The molecule has 0 saturated carbocycles. The molecule has 8 heteroatoms. The van der Waals surface area contributed by atoms with Crippen molar-refractivity contribution in [2.24, 2.45) is 0 Å². The number of benzene rings is 1. The standard InChI is InChI=1S/C20H24N2O5S/c1-4-13(2)15-5-7-16(8-6-15)17(23)10-26-20(25)12-28-11-19(24)21-18-9-14(3)27-22-18/h5-9,13H,4,10-12H2,1-3H3,(H,21,22,24)/t13-/m0/s1. The maximum Gasteiger partial charge on any atom is 0.316 e. The monoisotopic (exact) mass is 404 g/mol. The summed E-state index contributed by atoms with van der Waals surface area (Å²) in [5, 5.41) is 6.20. The second-order valence-electron chi connectivity index (χ2n) is 6.38. The average Bonchev–Trinajstić information content (AvgIpc) is 3.10. The van der Waals surface area contributed by atoms with Crippen molar-refractivity contribution in [1.29, 1.82) is 0 Å². The highest BCUT2D eigenvalue weighted by Gasteiger charge is 2.12. The molecule has 1 atom stereocenters. The summed E-state index contributed by atoms with van der Waals surface area (Å²) in [5.41, 5.74) is 1.68. The normalized spacial score (nSPS) is 11.7. The molecule has 1 aromatic carbocycles. The summed E-state index contributed by atoms with van der Waals surface area (Å²) in [5.74, 6) is 0.291. The third kappa shape index (κ3) is 6.84. The second kappa shape index (κ2) is 10.7. The van der Waals surface area contributed by atoms with Crippen LogP contribution < -0.4 is 5.32 Å². The molecule has 0 aliphatic carbocycles. The van der Waals surface area contributed by atoms with Gasteiger partial charge >= 0.3 is 5.97 Å². The molecule has 0 aliphatic heterocycles. The number of anilines is 1. The second-order valence-corrected chi connectivity index (χ2v) is 7.36. The van der Waals surface area contributed by atoms with Gasteiger partial charge < -0.3 is 14.6 Å². The first-order valence-electron chi connectivity index (χ1n) is 8.98. The Kier molecular flexibility index (Phi) is 8.25. The van der Waals surface area contributed by atoms with Gasteiger partial charge in [-0.2, -0.15) is 0 Å². The van der Waals surface area contributed by atoms with Gasteiger partial charge in [-0.15, -0.1) is 11.8 Å². The van der Waals surface area contributed by atoms with Crippen LogP contribution >= 0.6 is 11.8 Å². The first-order chi connectivity index (χ1) is 13.4. The fraction of sp³-hybridized carbons (Fsp3) is 0.400. The number of carbonyl (C=O) groups is 3. The van der Waals surface area contributed by atoms with Gasteiger partial charge in [-0.3, -0.25) is 14.4 Å². The van der Waals surface area contributed by atoms with Crippen LogP contribution in [0.2, 0.25) is 0 Å². The Balaban J connectivity index is 1.67. The smallest absolute Gasteiger partial charge is 0.316 e. The van der Waals surface area contributed by atoms with Crippen LogP contribution in [0, 0.1) is 6.92 Å². The van der Waals surface area contributed by atoms with Gasteiger partial charge in [-0.05, 0) is 24.8 Å². The fourth-order valence-corrected chi connectivity index (χ4v) is 2.95. The number of ether oxygens (including phenoxy) is 1. The minimum Gasteiger partial charge on any atom is -0.457 e. The number of aryl methyl sites for hydroxylation is 1. The van der Waals surface area contributed by atoms with E-state index in [0.717, 1.165) is 18.2 Å². The van der Waals surface area contributed by atoms with E-state index in [0.29, 0.717) is 23.1 Å². The molecule has 0 bridgehead atoms. The molecule has 0 radical (unpaired) electrons. The van der Waals surface area contributed by atoms with Crippen LogP contribution in [0.4, 0.5) is 5.82 Å². The molecule has 0 saturated heterocycles. The molecule has 2 aromatic rings. The SMILES string of the molecule is CC[C@H](C)c1ccc(C(=O)COC(=O)CSCC(=O)Nc2cc(C)on2)cc1. The van der Waals surface area contributed by atoms with Gasteiger partial charge in [-0.25, -0.2) is 0 Å². The van der Waals surface area contributed by atoms with Crippen LogP contribution in [-0.4, -0.2) is 40.9 Å². The first-order valence-corrected chi connectivity index (χ1v) is 10.1. The molecule has 1 N–H and O–H groups in total. The Morgan fingerprint density at radius 2 is 1.93 bits per heavy atom. The quantitative estimate of drug-likeness (QED) is 0.477. The minimum atomic E-state index is -0.542. The summed E-state index contributed by atoms with van der Waals surface area (Å²) >= 11 is 1.09. The zero-order valence-electron chi connectivity index (χ0n) is 16.2. The number of hydrogen-bond acceptors (Lipinski definition) is 7. The van der Waals surface area contributed by atoms with E-state index in [2.05, 4.69) is 24.3 Å². The van der Waals surface area contributed by atoms with Crippen LogP contribution in [0.5, 0.6) is 0 Å². The van der Waals surface area contributed by atoms with Crippen LogP contribution in [0.1, 0.15) is 47.9 Å². The number of ketones is 1. The van der Waals surface area contributed by atoms with Crippen molar-refractivity contribution in [2.75, 3.05) is 23.4 Å². The highest BCUT2D eigenvalue weighted by Crippen LogP contribution is 2.19. The van der Waals surface area contributed by atoms with Crippen molar-refractivity contribution in [2.45, 2.75) is 33.1 Å². The van der Waals surface area contributed by atoms with Gasteiger partial charge in [0.2, 0.25) is 5.91 Å². The highest BCUT2D eigenvalue weighted by molar-refractivity contribution is 8.00. The molecule has 2 rings (SSSR count). The number of nitrogens with one attached hydrogen (secondary N) is 1. The number of amides is 1. The molecule has 0 spiro atoms. The van der Waals surface area contributed by atoms with Gasteiger partial charge in [0.1, 0.15) is 5.76 Å². The zero-order valence-corrected chi connectivity index (χ0v) is 17.0. The van der Waals surface area contributed by atoms with Crippen molar-refractivity contribution >= 4 is 35.2 Å². The maximum atomic E-state index is 12.1. The number of esters is 1. The summed E-state index contributed by atoms with van der Waals surface area (Å²) in [4.78, 5) is 35.6. The lowest BCUT2D eigenvalue weighted by atomic mass is 9.97. The molecule has 0 fully saturated rings. The number of rotatable bonds is 10. The van der Waals surface area contributed by atoms with E-state index in [1.165, 1.54) is 5.56 Å². The van der Waals surface area contributed by atoms with E-state index in [1.54, 1.807) is 25.1 Å². The van der Waals surface area contributed by atoms with Crippen molar-refractivity contribution in [3.8, 4) is 0 Å². The summed E-state index contributed by atoms with van der Waals surface area (Å²) in [7, 11) is 0. The molecule has 1 amide bonds. The Bertz CT molecular complexity index is 816. The third-order valence-corrected chi connectivity index (χ3v) is 5.03. The highest BCUT2D eigenvalue weighted by atomic mass is 32.2. The Labute approximate surface area is 168 Å². The lowest BCUT2D eigenvalue weighted by Gasteiger charge is -2.09. The number of hydrogen-bond donors (Lipinski definition) is 1. The topological polar surface area (TPSA) is 98.5 Å². The predicted octanol–water partition coefficient (Wildman–Crippen LogP) is 3.59. The van der Waals surface area contributed by atoms with Crippen molar-refractivity contribution in [3.05, 3.63) is 47.2 Å². The summed E-state index contributed by atoms with van der Waals surface area (Å²) in [6.45, 7) is 5.64. The van der Waals surface area contributed by atoms with E-state index < -0.39 is 5.97 Å². The van der Waals surface area contributed by atoms with Gasteiger partial charge in [0, 0.05) is 11.6 Å². The molecule has 150 valence electrons. The molecule has 1 heterocycles. The van der Waals surface area contributed by atoms with E-state index in [-0.39, 0.29) is 29.8 Å². The first kappa shape index (κ1) is 21.7. The van der Waals surface area contributed by atoms with Gasteiger partial charge in [0.15, 0.2) is 18.2 Å². The molecule has 0 aliphatic rings. The molecular weight excluding hydrogens is 380 g/mol. The number of thioether (sulfide) groups is 1. The summed E-state index contributed by atoms with van der Waals surface area (Å²) in [6, 6.07) is 8.95. The van der Waals surface area contributed by atoms with Crippen molar-refractivity contribution < 1.29 is 23.6 Å². The number of Topliss-reactive ketones (excluding diaryl/α,β-unsaturated/α-hetero) is 1. The predicted molar refractivity (Wildman–Crippen MR) is 108 cm³/mol. The molecule has 1 aromatic heterocycles. The molecule has 28 heavy (non-hydrogen) atoms. The van der Waals surface area contributed by atoms with Gasteiger partial charge in [0.05, 0.1) is 11.5 Å². The largest absolute Gasteiger partial charge is 0.457 e. The molecule has 7 nitrogen and oxygen atoms in total. The zero-order chi connectivity index (χ0) is 20.5. The third-order valence-electron chi connectivity index (χ3n) is 4.13. The number of aromatic nitrogens is 1.